The summed E-state index contributed by atoms with van der Waals surface area (Å²) >= 11 is 0. The van der Waals surface area contributed by atoms with Gasteiger partial charge in [0.2, 0.25) is 5.91 Å². The minimum Gasteiger partial charge on any atom is -0.379 e. The van der Waals surface area contributed by atoms with Crippen molar-refractivity contribution in [3.63, 3.8) is 0 Å². The molecular weight excluding hydrogens is 429 g/mol. The second kappa shape index (κ2) is 10.5. The second-order valence-electron chi connectivity index (χ2n) is 9.83. The Labute approximate surface area is 191 Å². The first-order valence-corrected chi connectivity index (χ1v) is 12.3. The summed E-state index contributed by atoms with van der Waals surface area (Å²) in [6, 6.07) is 11.1. The molecule has 1 unspecified atom stereocenters. The van der Waals surface area contributed by atoms with Crippen molar-refractivity contribution in [2.24, 2.45) is 11.3 Å². The smallest absolute Gasteiger partial charge is 0.339 e. The van der Waals surface area contributed by atoms with Crippen molar-refractivity contribution in [2.75, 3.05) is 0 Å². The molecule has 5 nitrogen and oxygen atoms in total. The van der Waals surface area contributed by atoms with E-state index in [9.17, 15) is 17.6 Å². The molecule has 2 aromatic carbocycles. The van der Waals surface area contributed by atoms with Crippen molar-refractivity contribution < 1.29 is 21.8 Å². The Morgan fingerprint density at radius 3 is 2.25 bits per heavy atom. The van der Waals surface area contributed by atoms with Crippen molar-refractivity contribution >= 4 is 16.0 Å². The predicted octanol–water partition coefficient (Wildman–Crippen LogP) is 5.79. The summed E-state index contributed by atoms with van der Waals surface area (Å²) in [5, 5.41) is 0. The van der Waals surface area contributed by atoms with E-state index in [1.54, 1.807) is 17.0 Å². The zero-order chi connectivity index (χ0) is 24.1. The van der Waals surface area contributed by atoms with Gasteiger partial charge >= 0.3 is 10.1 Å². The van der Waals surface area contributed by atoms with Gasteiger partial charge in [-0.05, 0) is 73.6 Å². The maximum absolute atomic E-state index is 13.1. The molecule has 0 aliphatic heterocycles. The summed E-state index contributed by atoms with van der Waals surface area (Å²) in [5.74, 6) is -0.0495. The van der Waals surface area contributed by atoms with Gasteiger partial charge in [0.1, 0.15) is 16.5 Å². The molecule has 0 saturated carbocycles. The van der Waals surface area contributed by atoms with Crippen LogP contribution < -0.4 is 4.18 Å². The first-order valence-electron chi connectivity index (χ1n) is 10.9. The van der Waals surface area contributed by atoms with Crippen LogP contribution in [0.25, 0.3) is 0 Å². The largest absolute Gasteiger partial charge is 0.379 e. The van der Waals surface area contributed by atoms with Gasteiger partial charge in [-0.15, -0.1) is 0 Å². The Bertz CT molecular complexity index is 1010. The van der Waals surface area contributed by atoms with Crippen molar-refractivity contribution in [1.29, 1.82) is 0 Å². The third-order valence-electron chi connectivity index (χ3n) is 4.99. The lowest BCUT2D eigenvalue weighted by Gasteiger charge is -2.30. The van der Waals surface area contributed by atoms with E-state index in [1.165, 1.54) is 6.07 Å². The average Bonchev–Trinajstić information content (AvgIpc) is 2.64. The summed E-state index contributed by atoms with van der Waals surface area (Å²) in [4.78, 5) is 14.6. The number of carbonyl (C=O) groups is 1. The predicted molar refractivity (Wildman–Crippen MR) is 124 cm³/mol. The van der Waals surface area contributed by atoms with Crippen LogP contribution in [0.5, 0.6) is 5.75 Å². The van der Waals surface area contributed by atoms with Crippen LogP contribution in [0, 0.1) is 17.2 Å². The Kier molecular flexibility index (Phi) is 8.46. The number of benzene rings is 2. The van der Waals surface area contributed by atoms with Crippen LogP contribution in [0.15, 0.2) is 53.4 Å². The molecule has 2 rings (SSSR count). The third-order valence-corrected chi connectivity index (χ3v) is 6.25. The van der Waals surface area contributed by atoms with E-state index >= 15 is 0 Å². The van der Waals surface area contributed by atoms with Crippen molar-refractivity contribution in [2.45, 2.75) is 71.9 Å². The number of hydrogen-bond acceptors (Lipinski definition) is 4. The fourth-order valence-corrected chi connectivity index (χ4v) is 4.68. The zero-order valence-electron chi connectivity index (χ0n) is 19.8. The van der Waals surface area contributed by atoms with Crippen LogP contribution in [0.1, 0.15) is 59.9 Å². The van der Waals surface area contributed by atoms with Gasteiger partial charge in [0, 0.05) is 19.0 Å². The lowest BCUT2D eigenvalue weighted by Crippen LogP contribution is -2.37. The summed E-state index contributed by atoms with van der Waals surface area (Å²) in [6.07, 6.45) is 1.42. The van der Waals surface area contributed by atoms with E-state index in [2.05, 4.69) is 27.7 Å². The number of hydrogen-bond donors (Lipinski definition) is 0. The maximum atomic E-state index is 13.1. The molecule has 0 aliphatic carbocycles. The average molecular weight is 464 g/mol. The fourth-order valence-electron chi connectivity index (χ4n) is 3.76. The maximum Gasteiger partial charge on any atom is 0.339 e. The minimum atomic E-state index is -4.09. The van der Waals surface area contributed by atoms with E-state index in [1.807, 2.05) is 19.9 Å². The van der Waals surface area contributed by atoms with E-state index < -0.39 is 15.9 Å². The molecule has 0 N–H and O–H groups in total. The van der Waals surface area contributed by atoms with Crippen molar-refractivity contribution in [1.82, 2.24) is 4.90 Å². The van der Waals surface area contributed by atoms with Crippen LogP contribution in [0.2, 0.25) is 0 Å². The van der Waals surface area contributed by atoms with Gasteiger partial charge in [-0.2, -0.15) is 8.42 Å². The molecule has 0 fully saturated rings. The normalized spacial score (nSPS) is 13.1. The Morgan fingerprint density at radius 1 is 1.06 bits per heavy atom. The number of carbonyl (C=O) groups excluding carboxylic acids is 1. The molecule has 2 aromatic rings. The molecule has 0 spiro atoms. The molecular formula is C25H34FNO4S. The molecule has 0 bridgehead atoms. The summed E-state index contributed by atoms with van der Waals surface area (Å²) in [5.41, 5.74) is 0.923. The summed E-state index contributed by atoms with van der Waals surface area (Å²) in [7, 11) is -4.09. The highest BCUT2D eigenvalue weighted by molar-refractivity contribution is 7.87. The number of halogens is 1. The SMILES string of the molecule is CC(CC(=O)N(Cc1cccc(OS(=O)(=O)c2ccc(F)cc2)c1)C(C)C)CC(C)(C)C. The second-order valence-corrected chi connectivity index (χ2v) is 11.4. The van der Waals surface area contributed by atoms with Crippen LogP contribution in [-0.4, -0.2) is 25.3 Å². The molecule has 32 heavy (non-hydrogen) atoms. The first kappa shape index (κ1) is 25.8. The van der Waals surface area contributed by atoms with Gasteiger partial charge in [0.05, 0.1) is 0 Å². The highest BCUT2D eigenvalue weighted by atomic mass is 32.2. The van der Waals surface area contributed by atoms with Gasteiger partial charge in [0.15, 0.2) is 0 Å². The number of amides is 1. The quantitative estimate of drug-likeness (QED) is 0.441. The topological polar surface area (TPSA) is 63.7 Å². The molecule has 0 aromatic heterocycles. The van der Waals surface area contributed by atoms with Gasteiger partial charge in [-0.25, -0.2) is 4.39 Å². The molecule has 0 heterocycles. The highest BCUT2D eigenvalue weighted by Crippen LogP contribution is 2.27. The Balaban J connectivity index is 2.13. The molecule has 1 atom stereocenters. The molecule has 1 amide bonds. The van der Waals surface area contributed by atoms with Gasteiger partial charge in [0.25, 0.3) is 0 Å². The molecule has 0 radical (unpaired) electrons. The minimum absolute atomic E-state index is 0.00291. The monoisotopic (exact) mass is 463 g/mol. The summed E-state index contributed by atoms with van der Waals surface area (Å²) < 4.78 is 43.3. The molecule has 0 saturated heterocycles. The van der Waals surface area contributed by atoms with Crippen LogP contribution >= 0.6 is 0 Å². The summed E-state index contributed by atoms with van der Waals surface area (Å²) in [6.45, 7) is 12.9. The molecule has 7 heteroatoms. The zero-order valence-corrected chi connectivity index (χ0v) is 20.6. The molecule has 176 valence electrons. The number of nitrogens with zero attached hydrogens (tertiary/aromatic N) is 1. The van der Waals surface area contributed by atoms with Gasteiger partial charge in [-0.1, -0.05) is 39.8 Å². The third kappa shape index (κ3) is 7.93. The fraction of sp³-hybridized carbons (Fsp3) is 0.480. The highest BCUT2D eigenvalue weighted by Gasteiger charge is 2.23. The molecule has 0 aliphatic rings. The van der Waals surface area contributed by atoms with E-state index in [0.717, 1.165) is 36.2 Å². The van der Waals surface area contributed by atoms with Crippen LogP contribution in [-0.2, 0) is 21.5 Å². The lowest BCUT2D eigenvalue weighted by molar-refractivity contribution is -0.134. The van der Waals surface area contributed by atoms with Crippen LogP contribution in [0.4, 0.5) is 4.39 Å². The first-order chi connectivity index (χ1) is 14.8. The van der Waals surface area contributed by atoms with E-state index in [4.69, 9.17) is 4.18 Å². The van der Waals surface area contributed by atoms with Gasteiger partial charge in [-0.3, -0.25) is 4.79 Å². The lowest BCUT2D eigenvalue weighted by atomic mass is 9.84. The van der Waals surface area contributed by atoms with Gasteiger partial charge < -0.3 is 9.08 Å². The van der Waals surface area contributed by atoms with Crippen molar-refractivity contribution in [3.8, 4) is 5.75 Å². The Hall–Kier alpha value is -2.41. The van der Waals surface area contributed by atoms with E-state index in [-0.39, 0.29) is 33.9 Å². The number of rotatable bonds is 9. The Morgan fingerprint density at radius 2 is 1.69 bits per heavy atom. The standard InChI is InChI=1S/C25H34FNO4S/c1-18(2)27(24(28)14-19(3)16-25(4,5)6)17-20-8-7-9-22(15-20)31-32(29,30)23-12-10-21(26)11-13-23/h7-13,15,18-19H,14,16-17H2,1-6H3. The van der Waals surface area contributed by atoms with Crippen molar-refractivity contribution in [3.05, 3.63) is 59.9 Å². The van der Waals surface area contributed by atoms with E-state index in [0.29, 0.717) is 13.0 Å². The van der Waals surface area contributed by atoms with Crippen LogP contribution in [0.3, 0.4) is 0 Å².